The van der Waals surface area contributed by atoms with Crippen molar-refractivity contribution >= 4 is 28.2 Å². The lowest BCUT2D eigenvalue weighted by atomic mass is 9.89. The maximum absolute atomic E-state index is 14.4. The van der Waals surface area contributed by atoms with Crippen LogP contribution < -0.4 is 15.4 Å². The van der Waals surface area contributed by atoms with Gasteiger partial charge in [-0.3, -0.25) is 4.68 Å². The van der Waals surface area contributed by atoms with E-state index in [0.717, 1.165) is 18.7 Å². The summed E-state index contributed by atoms with van der Waals surface area (Å²) in [7, 11) is 1.41. The Labute approximate surface area is 196 Å². The topological polar surface area (TPSA) is 120 Å². The Kier molecular flexibility index (Phi) is 5.31. The molecule has 0 bridgehead atoms. The first-order valence-electron chi connectivity index (χ1n) is 11.3. The van der Waals surface area contributed by atoms with Crippen molar-refractivity contribution in [2.24, 2.45) is 5.92 Å². The molecule has 11 heteroatoms. The molecule has 34 heavy (non-hydrogen) atoms. The zero-order chi connectivity index (χ0) is 24.2. The van der Waals surface area contributed by atoms with Gasteiger partial charge in [-0.25, -0.2) is 14.4 Å². The summed E-state index contributed by atoms with van der Waals surface area (Å²) in [5.74, 6) is 0.891. The van der Waals surface area contributed by atoms with Gasteiger partial charge in [0.25, 0.3) is 0 Å². The number of rotatable bonds is 5. The summed E-state index contributed by atoms with van der Waals surface area (Å²) in [4.78, 5) is 11.4. The number of aliphatic hydroxyl groups excluding tert-OH is 1. The minimum absolute atomic E-state index is 0.00576. The number of benzene rings is 1. The van der Waals surface area contributed by atoms with Gasteiger partial charge in [0.05, 0.1) is 36.7 Å². The largest absolute Gasteiger partial charge is 0.494 e. The van der Waals surface area contributed by atoms with Crippen LogP contribution in [0.25, 0.3) is 16.6 Å². The second kappa shape index (κ2) is 8.08. The van der Waals surface area contributed by atoms with Crippen molar-refractivity contribution in [1.82, 2.24) is 29.4 Å². The number of nitrogen functional groups attached to an aromatic ring is 1. The van der Waals surface area contributed by atoms with Crippen LogP contribution in [-0.2, 0) is 5.54 Å². The van der Waals surface area contributed by atoms with Crippen LogP contribution in [0.3, 0.4) is 0 Å². The van der Waals surface area contributed by atoms with E-state index < -0.39 is 11.4 Å². The maximum atomic E-state index is 14.4. The lowest BCUT2D eigenvalue weighted by Gasteiger charge is -2.36. The number of ether oxygens (including phenoxy) is 1. The molecule has 0 unspecified atom stereocenters. The summed E-state index contributed by atoms with van der Waals surface area (Å²) in [6, 6.07) is 2.88. The molecule has 3 N–H and O–H groups in total. The summed E-state index contributed by atoms with van der Waals surface area (Å²) in [6.45, 7) is 7.66. The van der Waals surface area contributed by atoms with Gasteiger partial charge >= 0.3 is 0 Å². The maximum Gasteiger partial charge on any atom is 0.223 e. The van der Waals surface area contributed by atoms with Crippen molar-refractivity contribution in [1.29, 1.82) is 0 Å². The zero-order valence-electron chi connectivity index (χ0n) is 19.7. The van der Waals surface area contributed by atoms with Crippen LogP contribution in [0.4, 0.5) is 16.0 Å². The van der Waals surface area contributed by atoms with Gasteiger partial charge in [-0.2, -0.15) is 9.61 Å². The van der Waals surface area contributed by atoms with Gasteiger partial charge in [0.2, 0.25) is 5.95 Å². The highest BCUT2D eigenvalue weighted by Gasteiger charge is 2.31. The number of piperidine rings is 1. The van der Waals surface area contributed by atoms with Gasteiger partial charge in [-0.05, 0) is 32.3 Å². The number of aromatic nitrogens is 6. The molecular formula is C23H29FN8O2. The van der Waals surface area contributed by atoms with Crippen molar-refractivity contribution in [3.63, 3.8) is 0 Å². The fourth-order valence-corrected chi connectivity index (χ4v) is 4.61. The van der Waals surface area contributed by atoms with E-state index in [0.29, 0.717) is 34.8 Å². The minimum Gasteiger partial charge on any atom is -0.494 e. The van der Waals surface area contributed by atoms with E-state index in [9.17, 15) is 9.50 Å². The molecule has 3 aromatic heterocycles. The van der Waals surface area contributed by atoms with Crippen molar-refractivity contribution in [3.05, 3.63) is 36.2 Å². The Balaban J connectivity index is 1.51. The number of anilines is 2. The molecule has 0 saturated carbocycles. The van der Waals surface area contributed by atoms with Gasteiger partial charge < -0.3 is 20.5 Å². The smallest absolute Gasteiger partial charge is 0.223 e. The summed E-state index contributed by atoms with van der Waals surface area (Å²) >= 11 is 0. The summed E-state index contributed by atoms with van der Waals surface area (Å²) < 4.78 is 22.8. The second-order valence-corrected chi connectivity index (χ2v) is 9.74. The van der Waals surface area contributed by atoms with Gasteiger partial charge in [0.15, 0.2) is 23.0 Å². The van der Waals surface area contributed by atoms with E-state index in [4.69, 9.17) is 15.5 Å². The van der Waals surface area contributed by atoms with E-state index in [1.807, 2.05) is 26.2 Å². The third-order valence-electron chi connectivity index (χ3n) is 6.55. The molecule has 2 atom stereocenters. The Morgan fingerprint density at radius 1 is 1.26 bits per heavy atom. The molecule has 0 radical (unpaired) electrons. The highest BCUT2D eigenvalue weighted by Crippen LogP contribution is 2.34. The average Bonchev–Trinajstić information content (AvgIpc) is 3.48. The van der Waals surface area contributed by atoms with Gasteiger partial charge in [-0.1, -0.05) is 6.92 Å². The van der Waals surface area contributed by atoms with Crippen LogP contribution >= 0.6 is 0 Å². The number of hydrogen-bond acceptors (Lipinski definition) is 8. The van der Waals surface area contributed by atoms with Crippen molar-refractivity contribution in [2.75, 3.05) is 37.4 Å². The first kappa shape index (κ1) is 22.3. The normalized spacial score (nSPS) is 19.3. The van der Waals surface area contributed by atoms with Crippen LogP contribution in [0.15, 0.2) is 24.5 Å². The molecule has 1 aliphatic heterocycles. The van der Waals surface area contributed by atoms with Crippen LogP contribution in [0.2, 0.25) is 0 Å². The number of nitrogens with two attached hydrogens (primary N) is 1. The molecule has 1 aromatic carbocycles. The van der Waals surface area contributed by atoms with Crippen molar-refractivity contribution in [3.8, 4) is 5.75 Å². The predicted octanol–water partition coefficient (Wildman–Crippen LogP) is 2.56. The molecule has 4 aromatic rings. The highest BCUT2D eigenvalue weighted by molar-refractivity contribution is 5.93. The second-order valence-electron chi connectivity index (χ2n) is 9.74. The lowest BCUT2D eigenvalue weighted by Crippen LogP contribution is -2.39. The first-order valence-corrected chi connectivity index (χ1v) is 11.3. The molecular weight excluding hydrogens is 439 g/mol. The summed E-state index contributed by atoms with van der Waals surface area (Å²) in [5, 5.41) is 19.3. The number of aliphatic hydroxyl groups is 1. The quantitative estimate of drug-likeness (QED) is 0.459. The minimum atomic E-state index is -0.492. The van der Waals surface area contributed by atoms with Crippen LogP contribution in [0.5, 0.6) is 5.75 Å². The molecule has 4 heterocycles. The van der Waals surface area contributed by atoms with E-state index in [-0.39, 0.29) is 24.2 Å². The number of halogens is 1. The molecule has 0 spiro atoms. The number of fused-ring (bicyclic) bond motifs is 3. The fourth-order valence-electron chi connectivity index (χ4n) is 4.61. The van der Waals surface area contributed by atoms with Gasteiger partial charge in [-0.15, -0.1) is 5.10 Å². The lowest BCUT2D eigenvalue weighted by molar-refractivity contribution is 0.152. The number of nitrogens with zero attached hydrogens (tertiary/aromatic N) is 7. The molecule has 1 saturated heterocycles. The van der Waals surface area contributed by atoms with E-state index in [1.165, 1.54) is 23.8 Å². The number of hydrogen-bond donors (Lipinski definition) is 2. The molecule has 10 nitrogen and oxygen atoms in total. The predicted molar refractivity (Wildman–Crippen MR) is 127 cm³/mol. The van der Waals surface area contributed by atoms with E-state index in [1.54, 1.807) is 4.68 Å². The molecule has 0 aliphatic carbocycles. The molecule has 0 amide bonds. The molecule has 1 fully saturated rings. The van der Waals surface area contributed by atoms with Crippen molar-refractivity contribution in [2.45, 2.75) is 38.6 Å². The standard InChI is InChI=1S/C23H29FN8O2/c1-13-5-14(10-30(9-13)15-8-26-31(11-15)23(2,3)12-33)20-28-21-16-6-17(24)19(34-4)7-18(16)27-22(25)32(21)29-20/h6-8,11,13-14,33H,5,9-10,12H2,1-4H3,(H2,25,27)/t13-,14+/m1/s1. The van der Waals surface area contributed by atoms with Crippen LogP contribution in [0, 0.1) is 11.7 Å². The average molecular weight is 469 g/mol. The third kappa shape index (κ3) is 3.69. The fraction of sp³-hybridized carbons (Fsp3) is 0.478. The highest BCUT2D eigenvalue weighted by atomic mass is 19.1. The van der Waals surface area contributed by atoms with Crippen LogP contribution in [0.1, 0.15) is 38.9 Å². The summed E-state index contributed by atoms with van der Waals surface area (Å²) in [6.07, 6.45) is 4.71. The Morgan fingerprint density at radius 3 is 2.79 bits per heavy atom. The Hall–Kier alpha value is -3.47. The van der Waals surface area contributed by atoms with Gasteiger partial charge in [0.1, 0.15) is 0 Å². The SMILES string of the molecule is COc1cc2nc(N)n3nc([C@H]4C[C@@H](C)CN(c5cnn(C(C)(C)CO)c5)C4)nc3c2cc1F. The third-order valence-corrected chi connectivity index (χ3v) is 6.55. The van der Waals surface area contributed by atoms with E-state index >= 15 is 0 Å². The van der Waals surface area contributed by atoms with E-state index in [2.05, 4.69) is 27.0 Å². The van der Waals surface area contributed by atoms with Crippen molar-refractivity contribution < 1.29 is 14.2 Å². The summed E-state index contributed by atoms with van der Waals surface area (Å²) in [5.41, 5.74) is 7.65. The van der Waals surface area contributed by atoms with Crippen LogP contribution in [-0.4, -0.2) is 61.3 Å². The first-order chi connectivity index (χ1) is 16.2. The monoisotopic (exact) mass is 468 g/mol. The number of methoxy groups -OCH3 is 1. The molecule has 5 rings (SSSR count). The Bertz CT molecular complexity index is 1360. The molecule has 1 aliphatic rings. The molecule has 180 valence electrons. The zero-order valence-corrected chi connectivity index (χ0v) is 19.7. The van der Waals surface area contributed by atoms with Gasteiger partial charge in [0, 0.05) is 36.7 Å². The Morgan fingerprint density at radius 2 is 2.06 bits per heavy atom.